The maximum absolute atomic E-state index is 6.36. The van der Waals surface area contributed by atoms with Crippen molar-refractivity contribution in [2.45, 2.75) is 114 Å². The lowest BCUT2D eigenvalue weighted by Crippen LogP contribution is -2.45. The third-order valence-electron chi connectivity index (χ3n) is 23.7. The minimum atomic E-state index is 0.175. The molecule has 5 heterocycles. The predicted molar refractivity (Wildman–Crippen MR) is 472 cm³/mol. The van der Waals surface area contributed by atoms with Gasteiger partial charge < -0.3 is 35.6 Å². The Morgan fingerprint density at radius 1 is 0.368 bits per heavy atom. The second-order valence-corrected chi connectivity index (χ2v) is 33.7. The zero-order valence-corrected chi connectivity index (χ0v) is 69.1. The third kappa shape index (κ3) is 19.2. The number of halogens is 6. The van der Waals surface area contributed by atoms with Gasteiger partial charge in [-0.25, -0.2) is 29.9 Å². The highest BCUT2D eigenvalue weighted by atomic mass is 35.5. The minimum absolute atomic E-state index is 0.175. The van der Waals surface area contributed by atoms with Crippen LogP contribution in [0.15, 0.2) is 219 Å². The molecule has 3 unspecified atom stereocenters. The van der Waals surface area contributed by atoms with E-state index >= 15 is 0 Å². The first-order valence-electron chi connectivity index (χ1n) is 40.3. The predicted octanol–water partition coefficient (Wildman–Crippen LogP) is 23.3. The average Bonchev–Trinajstić information content (AvgIpc) is 0.768. The van der Waals surface area contributed by atoms with E-state index in [0.29, 0.717) is 48.0 Å². The summed E-state index contributed by atoms with van der Waals surface area (Å²) in [6.45, 7) is 10.5. The van der Waals surface area contributed by atoms with Crippen LogP contribution >= 0.6 is 69.6 Å². The summed E-state index contributed by atoms with van der Waals surface area (Å²) in [7, 11) is 4.48. The van der Waals surface area contributed by atoms with E-state index in [-0.39, 0.29) is 17.8 Å². The first-order chi connectivity index (χ1) is 55.7. The average molecular weight is 1630 g/mol. The molecule has 3 atom stereocenters. The number of likely N-dealkylation sites (tertiary alicyclic amines) is 1. The van der Waals surface area contributed by atoms with Crippen molar-refractivity contribution in [1.82, 2.24) is 49.5 Å². The van der Waals surface area contributed by atoms with Gasteiger partial charge in [0.15, 0.2) is 0 Å². The molecule has 9 aromatic carbocycles. The number of piperidine rings is 1. The Morgan fingerprint density at radius 3 is 1.08 bits per heavy atom. The van der Waals surface area contributed by atoms with Crippen LogP contribution in [0.2, 0.25) is 30.1 Å². The van der Waals surface area contributed by atoms with Gasteiger partial charge in [-0.2, -0.15) is 0 Å². The van der Waals surface area contributed by atoms with Crippen molar-refractivity contribution in [1.29, 1.82) is 0 Å². The van der Waals surface area contributed by atoms with Crippen molar-refractivity contribution in [3.8, 4) is 33.8 Å². The molecule has 2 aliphatic heterocycles. The number of nitrogens with zero attached hydrogens (tertiary/aromatic N) is 10. The summed E-state index contributed by atoms with van der Waals surface area (Å²) in [4.78, 5) is 39.0. The largest absolute Gasteiger partial charge is 0.324 e. The normalized spacial score (nSPS) is 17.3. The molecule has 3 N–H and O–H groups in total. The minimum Gasteiger partial charge on any atom is -0.324 e. The van der Waals surface area contributed by atoms with Crippen LogP contribution in [0.5, 0.6) is 0 Å². The lowest BCUT2D eigenvalue weighted by atomic mass is 9.78. The molecule has 0 radical (unpaired) electrons. The Hall–Kier alpha value is -8.80. The second kappa shape index (κ2) is 37.0. The number of hydrogen-bond donors (Lipinski definition) is 3. The maximum atomic E-state index is 6.36. The number of hydrogen-bond acceptors (Lipinski definition) is 13. The highest BCUT2D eigenvalue weighted by Crippen LogP contribution is 2.47. The van der Waals surface area contributed by atoms with Crippen molar-refractivity contribution in [3.05, 3.63) is 316 Å². The third-order valence-corrected chi connectivity index (χ3v) is 26.0. The molecule has 582 valence electrons. The van der Waals surface area contributed by atoms with Gasteiger partial charge in [-0.15, -0.1) is 0 Å². The molecule has 0 amide bonds. The molecule has 13 nitrogen and oxygen atoms in total. The van der Waals surface area contributed by atoms with Crippen LogP contribution in [-0.4, -0.2) is 129 Å². The molecule has 114 heavy (non-hydrogen) atoms. The molecule has 3 aromatic heterocycles. The van der Waals surface area contributed by atoms with E-state index in [1.54, 1.807) is 0 Å². The molecule has 0 spiro atoms. The molecule has 6 aliphatic rings. The van der Waals surface area contributed by atoms with E-state index in [4.69, 9.17) is 84.6 Å². The maximum Gasteiger partial charge on any atom is 0.227 e. The van der Waals surface area contributed by atoms with Gasteiger partial charge in [0.1, 0.15) is 0 Å². The number of piperazine rings is 1. The topological polar surface area (TPSA) is 126 Å². The zero-order valence-electron chi connectivity index (χ0n) is 64.6. The zero-order chi connectivity index (χ0) is 78.0. The van der Waals surface area contributed by atoms with Crippen LogP contribution in [0.25, 0.3) is 33.8 Å². The van der Waals surface area contributed by atoms with Crippen LogP contribution in [0.4, 0.5) is 34.9 Å². The van der Waals surface area contributed by atoms with Gasteiger partial charge in [0.2, 0.25) is 17.8 Å². The summed E-state index contributed by atoms with van der Waals surface area (Å²) in [5.74, 6) is 2.36. The lowest BCUT2D eigenvalue weighted by molar-refractivity contribution is 0.155. The van der Waals surface area contributed by atoms with E-state index in [0.717, 1.165) is 175 Å². The van der Waals surface area contributed by atoms with Crippen LogP contribution in [0.3, 0.4) is 0 Å². The Kier molecular flexibility index (Phi) is 25.7. The Morgan fingerprint density at radius 2 is 0.711 bits per heavy atom. The van der Waals surface area contributed by atoms with E-state index in [9.17, 15) is 0 Å². The quantitative estimate of drug-likeness (QED) is 0.0712. The highest BCUT2D eigenvalue weighted by molar-refractivity contribution is 6.43. The summed E-state index contributed by atoms with van der Waals surface area (Å²) in [6, 6.07) is 70.0. The summed E-state index contributed by atoms with van der Waals surface area (Å²) < 4.78 is 0. The van der Waals surface area contributed by atoms with Crippen molar-refractivity contribution in [2.75, 3.05) is 88.9 Å². The van der Waals surface area contributed by atoms with Crippen molar-refractivity contribution in [3.63, 3.8) is 0 Å². The van der Waals surface area contributed by atoms with Gasteiger partial charge in [0.05, 0.1) is 47.2 Å². The van der Waals surface area contributed by atoms with Gasteiger partial charge in [-0.05, 0) is 231 Å². The standard InChI is InChI=1S/C33H34Cl2N4.C31H31Cl2N5.C31H30Cl2N4/c1-39(26-7-3-2-4-8-26)18-17-22-11-14-25(15-12-22)37-33-36-21-24-19-29(23-13-16-30(34)31(35)20-23)27-9-5-6-10-28(27)32(24)38-33;1-37-14-16-38(17-15-37)13-12-21-6-9-24(10-7-21)35-31-34-20-23-18-27(22-8-11-28(32)29(33)19-22)25-4-2-3-5-26(25)30(23)36-31;32-28-13-10-22(19-29(28)33)27-18-23-20-34-31(36-30(23)26-7-3-2-6-25(26)27)35-24-11-8-21(9-12-24)14-17-37-15-4-1-5-16-37/h5-6,9-16,20-21,26,29H,2-4,7-8,17-19H2,1H3,(H,36,37,38);2-11,19-20,27H,12-18H2,1H3,(H,34,35,36);2-3,6-13,19-20,27H,1,4-5,14-18H2,(H,34,35,36). The van der Waals surface area contributed by atoms with E-state index < -0.39 is 0 Å². The van der Waals surface area contributed by atoms with Crippen LogP contribution in [0, 0.1) is 0 Å². The number of likely N-dealkylation sites (N-methyl/N-ethyl adjacent to an activating group) is 2. The van der Waals surface area contributed by atoms with Gasteiger partial charge in [0, 0.05) is 122 Å². The SMILES string of the molecule is CN(CCc1ccc(Nc2ncc3c(n2)-c2ccccc2C(c2ccc(Cl)c(Cl)c2)C3)cc1)C1CCCCC1.CN1CCN(CCc2ccc(Nc3ncc4c(n3)-c3ccccc3C(c3ccc(Cl)c(Cl)c3)C4)cc2)CC1.Clc1ccc(C2Cc3cnc(Nc4ccc(CCN5CCCCC5)cc4)nc3-c3ccccc32)cc1Cl. The number of nitrogens with one attached hydrogen (secondary N) is 3. The first-order valence-corrected chi connectivity index (χ1v) is 42.6. The number of benzene rings is 9. The van der Waals surface area contributed by atoms with E-state index in [2.05, 4.69) is 228 Å². The summed E-state index contributed by atoms with van der Waals surface area (Å²) in [5.41, 5.74) is 24.0. The molecule has 4 aliphatic carbocycles. The highest BCUT2D eigenvalue weighted by Gasteiger charge is 2.32. The van der Waals surface area contributed by atoms with Crippen molar-refractivity contribution in [2.24, 2.45) is 0 Å². The monoisotopic (exact) mass is 1630 g/mol. The van der Waals surface area contributed by atoms with Crippen LogP contribution in [0.1, 0.15) is 136 Å². The fourth-order valence-corrected chi connectivity index (χ4v) is 18.1. The molecule has 19 heteroatoms. The lowest BCUT2D eigenvalue weighted by Gasteiger charge is -2.32. The van der Waals surface area contributed by atoms with Gasteiger partial charge >= 0.3 is 0 Å². The summed E-state index contributed by atoms with van der Waals surface area (Å²) in [6.07, 6.45) is 22.4. The smallest absolute Gasteiger partial charge is 0.227 e. The number of fused-ring (bicyclic) bond motifs is 9. The molecule has 18 rings (SSSR count). The Balaban J connectivity index is 0.000000129. The molecule has 12 aromatic rings. The Labute approximate surface area is 700 Å². The molecule has 1 saturated carbocycles. The summed E-state index contributed by atoms with van der Waals surface area (Å²) >= 11 is 37.6. The molecule has 3 fully saturated rings. The number of aromatic nitrogens is 6. The summed E-state index contributed by atoms with van der Waals surface area (Å²) in [5, 5.41) is 13.7. The molecular weight excluding hydrogens is 1540 g/mol. The second-order valence-electron chi connectivity index (χ2n) is 31.3. The van der Waals surface area contributed by atoms with Crippen LogP contribution in [-0.2, 0) is 38.5 Å². The number of anilines is 6. The van der Waals surface area contributed by atoms with E-state index in [1.165, 1.54) is 97.8 Å². The Bertz CT molecular complexity index is 5320. The van der Waals surface area contributed by atoms with Gasteiger partial charge in [-0.1, -0.05) is 223 Å². The molecule has 0 bridgehead atoms. The molecule has 2 saturated heterocycles. The van der Waals surface area contributed by atoms with Crippen molar-refractivity contribution >= 4 is 105 Å². The van der Waals surface area contributed by atoms with Crippen molar-refractivity contribution < 1.29 is 0 Å². The fraction of sp³-hybridized carbons (Fsp3) is 0.305. The first kappa shape index (κ1) is 79.1. The van der Waals surface area contributed by atoms with Crippen LogP contribution < -0.4 is 16.0 Å². The fourth-order valence-electron chi connectivity index (χ4n) is 17.2. The van der Waals surface area contributed by atoms with E-state index in [1.807, 2.05) is 55.0 Å². The van der Waals surface area contributed by atoms with Gasteiger partial charge in [-0.3, -0.25) is 0 Å². The van der Waals surface area contributed by atoms with Gasteiger partial charge in [0.25, 0.3) is 0 Å². The number of rotatable bonds is 19. The molecular formula is C95H95Cl6N13.